The number of benzene rings is 4. The summed E-state index contributed by atoms with van der Waals surface area (Å²) in [7, 11) is 1.52. The van der Waals surface area contributed by atoms with Crippen molar-refractivity contribution < 1.29 is 38.1 Å². The normalized spacial score (nSPS) is 10.8. The third-order valence-corrected chi connectivity index (χ3v) is 5.69. The van der Waals surface area contributed by atoms with Gasteiger partial charge in [-0.25, -0.2) is 14.4 Å². The standard InChI is InChI=1S/C29H24O8/c1-18(30)19-3-4-21-15-25(9-5-20(21)13-19)28(32)36-17-37-29(33)26-10-7-22-14-24(8-6-23(22)16-26)27(31)35-12-11-34-2/h3-10,13-16H,11-12,17H2,1-2H3. The lowest BCUT2D eigenvalue weighted by molar-refractivity contribution is -0.0167. The minimum Gasteiger partial charge on any atom is -0.460 e. The highest BCUT2D eigenvalue weighted by Gasteiger charge is 2.13. The van der Waals surface area contributed by atoms with Gasteiger partial charge in [0.15, 0.2) is 5.78 Å². The van der Waals surface area contributed by atoms with E-state index in [1.807, 2.05) is 0 Å². The fourth-order valence-corrected chi connectivity index (χ4v) is 3.70. The zero-order chi connectivity index (χ0) is 26.4. The summed E-state index contributed by atoms with van der Waals surface area (Å²) in [4.78, 5) is 48.5. The van der Waals surface area contributed by atoms with E-state index in [2.05, 4.69) is 0 Å². The van der Waals surface area contributed by atoms with E-state index in [0.29, 0.717) is 23.3 Å². The molecule has 0 aliphatic rings. The Morgan fingerprint density at radius 3 is 1.32 bits per heavy atom. The van der Waals surface area contributed by atoms with Gasteiger partial charge in [-0.1, -0.05) is 30.3 Å². The molecule has 0 amide bonds. The second kappa shape index (κ2) is 11.5. The molecule has 0 radical (unpaired) electrons. The summed E-state index contributed by atoms with van der Waals surface area (Å²) in [5.74, 6) is -1.81. The van der Waals surface area contributed by atoms with Crippen molar-refractivity contribution in [3.8, 4) is 0 Å². The molecule has 37 heavy (non-hydrogen) atoms. The molecule has 4 aromatic carbocycles. The lowest BCUT2D eigenvalue weighted by Crippen LogP contribution is -2.13. The molecule has 4 aromatic rings. The van der Waals surface area contributed by atoms with Crippen molar-refractivity contribution in [3.63, 3.8) is 0 Å². The van der Waals surface area contributed by atoms with E-state index in [4.69, 9.17) is 18.9 Å². The zero-order valence-corrected chi connectivity index (χ0v) is 20.3. The molecule has 8 heteroatoms. The molecule has 0 heterocycles. The van der Waals surface area contributed by atoms with E-state index in [1.54, 1.807) is 72.8 Å². The van der Waals surface area contributed by atoms with Crippen molar-refractivity contribution in [3.05, 3.63) is 95.1 Å². The summed E-state index contributed by atoms with van der Waals surface area (Å²) in [5, 5.41) is 3.07. The third kappa shape index (κ3) is 6.17. The molecular formula is C29H24O8. The van der Waals surface area contributed by atoms with E-state index in [9.17, 15) is 19.2 Å². The Balaban J connectivity index is 1.35. The fourth-order valence-electron chi connectivity index (χ4n) is 3.70. The molecule has 8 nitrogen and oxygen atoms in total. The van der Waals surface area contributed by atoms with Crippen LogP contribution in [0.3, 0.4) is 0 Å². The Labute approximate surface area is 212 Å². The van der Waals surface area contributed by atoms with Crippen LogP contribution in [0.5, 0.6) is 0 Å². The van der Waals surface area contributed by atoms with Gasteiger partial charge in [0.2, 0.25) is 6.79 Å². The van der Waals surface area contributed by atoms with Crippen LogP contribution < -0.4 is 0 Å². The molecule has 0 atom stereocenters. The predicted octanol–water partition coefficient (Wildman–Crippen LogP) is 4.97. The summed E-state index contributed by atoms with van der Waals surface area (Å²) in [6, 6.07) is 20.0. The molecule has 0 aromatic heterocycles. The molecule has 0 saturated carbocycles. The van der Waals surface area contributed by atoms with Gasteiger partial charge >= 0.3 is 17.9 Å². The van der Waals surface area contributed by atoms with Crippen LogP contribution in [0.25, 0.3) is 21.5 Å². The lowest BCUT2D eigenvalue weighted by Gasteiger charge is -2.09. The summed E-state index contributed by atoms with van der Waals surface area (Å²) >= 11 is 0. The van der Waals surface area contributed by atoms with Crippen LogP contribution in [0, 0.1) is 0 Å². The monoisotopic (exact) mass is 500 g/mol. The van der Waals surface area contributed by atoms with Crippen molar-refractivity contribution in [1.82, 2.24) is 0 Å². The minimum absolute atomic E-state index is 0.0400. The number of fused-ring (bicyclic) bond motifs is 2. The quantitative estimate of drug-likeness (QED) is 0.137. The van der Waals surface area contributed by atoms with E-state index in [-0.39, 0.29) is 18.0 Å². The van der Waals surface area contributed by atoms with Crippen molar-refractivity contribution >= 4 is 45.2 Å². The van der Waals surface area contributed by atoms with E-state index < -0.39 is 24.7 Å². The van der Waals surface area contributed by atoms with Crippen molar-refractivity contribution in [1.29, 1.82) is 0 Å². The Bertz CT molecular complexity index is 1500. The first-order valence-corrected chi connectivity index (χ1v) is 11.4. The van der Waals surface area contributed by atoms with E-state index in [0.717, 1.165) is 21.5 Å². The highest BCUT2D eigenvalue weighted by molar-refractivity contribution is 6.01. The first-order valence-electron chi connectivity index (χ1n) is 11.4. The summed E-state index contributed by atoms with van der Waals surface area (Å²) < 4.78 is 20.2. The average molecular weight is 501 g/mol. The van der Waals surface area contributed by atoms with Gasteiger partial charge in [0.1, 0.15) is 6.61 Å². The minimum atomic E-state index is -0.659. The topological polar surface area (TPSA) is 105 Å². The number of rotatable bonds is 9. The van der Waals surface area contributed by atoms with E-state index >= 15 is 0 Å². The molecule has 0 aliphatic heterocycles. The van der Waals surface area contributed by atoms with Gasteiger partial charge < -0.3 is 18.9 Å². The number of carbonyl (C=O) groups is 4. The average Bonchev–Trinajstić information content (AvgIpc) is 2.91. The number of esters is 3. The number of hydrogen-bond acceptors (Lipinski definition) is 8. The first-order chi connectivity index (χ1) is 17.9. The van der Waals surface area contributed by atoms with Crippen molar-refractivity contribution in [2.24, 2.45) is 0 Å². The maximum atomic E-state index is 12.5. The van der Waals surface area contributed by atoms with Gasteiger partial charge in [-0.05, 0) is 70.9 Å². The SMILES string of the molecule is COCCOC(=O)c1ccc2cc(C(=O)OCOC(=O)c3ccc4cc(C(C)=O)ccc4c3)ccc2c1. The van der Waals surface area contributed by atoms with Crippen LogP contribution in [0.15, 0.2) is 72.8 Å². The number of hydrogen-bond donors (Lipinski definition) is 0. The maximum absolute atomic E-state index is 12.5. The summed E-state index contributed by atoms with van der Waals surface area (Å²) in [6.07, 6.45) is 0. The Morgan fingerprint density at radius 1 is 0.541 bits per heavy atom. The number of methoxy groups -OCH3 is 1. The highest BCUT2D eigenvalue weighted by atomic mass is 16.7. The van der Waals surface area contributed by atoms with Crippen LogP contribution in [0.2, 0.25) is 0 Å². The molecular weight excluding hydrogens is 476 g/mol. The molecule has 0 aliphatic carbocycles. The molecule has 188 valence electrons. The Morgan fingerprint density at radius 2 is 0.919 bits per heavy atom. The zero-order valence-electron chi connectivity index (χ0n) is 20.3. The smallest absolute Gasteiger partial charge is 0.341 e. The molecule has 0 spiro atoms. The van der Waals surface area contributed by atoms with Crippen LogP contribution in [-0.4, -0.2) is 50.8 Å². The number of carbonyl (C=O) groups excluding carboxylic acids is 4. The molecule has 0 unspecified atom stereocenters. The molecule has 0 saturated heterocycles. The van der Waals surface area contributed by atoms with E-state index in [1.165, 1.54) is 14.0 Å². The van der Waals surface area contributed by atoms with Gasteiger partial charge in [-0.2, -0.15) is 0 Å². The fraction of sp³-hybridized carbons (Fsp3) is 0.172. The highest BCUT2D eigenvalue weighted by Crippen LogP contribution is 2.21. The second-order valence-corrected chi connectivity index (χ2v) is 8.22. The molecule has 4 rings (SSSR count). The van der Waals surface area contributed by atoms with Gasteiger partial charge in [-0.3, -0.25) is 4.79 Å². The van der Waals surface area contributed by atoms with Crippen molar-refractivity contribution in [2.45, 2.75) is 6.92 Å². The van der Waals surface area contributed by atoms with Gasteiger partial charge in [0.25, 0.3) is 0 Å². The van der Waals surface area contributed by atoms with Crippen LogP contribution in [0.4, 0.5) is 0 Å². The molecule has 0 N–H and O–H groups in total. The molecule has 0 fully saturated rings. The number of Topliss-reactive ketones (excluding diaryl/α,β-unsaturated/α-hetero) is 1. The Kier molecular flexibility index (Phi) is 7.90. The third-order valence-electron chi connectivity index (χ3n) is 5.69. The lowest BCUT2D eigenvalue weighted by atomic mass is 10.0. The van der Waals surface area contributed by atoms with Crippen LogP contribution in [0.1, 0.15) is 48.4 Å². The van der Waals surface area contributed by atoms with Crippen LogP contribution >= 0.6 is 0 Å². The Hall–Kier alpha value is -4.56. The largest absolute Gasteiger partial charge is 0.460 e. The maximum Gasteiger partial charge on any atom is 0.341 e. The predicted molar refractivity (Wildman–Crippen MR) is 136 cm³/mol. The van der Waals surface area contributed by atoms with Gasteiger partial charge in [0.05, 0.1) is 23.3 Å². The summed E-state index contributed by atoms with van der Waals surface area (Å²) in [5.41, 5.74) is 1.54. The summed E-state index contributed by atoms with van der Waals surface area (Å²) in [6.45, 7) is 1.41. The number of ketones is 1. The first kappa shape index (κ1) is 25.5. The van der Waals surface area contributed by atoms with Gasteiger partial charge in [-0.15, -0.1) is 0 Å². The second-order valence-electron chi connectivity index (χ2n) is 8.22. The van der Waals surface area contributed by atoms with Crippen LogP contribution in [-0.2, 0) is 18.9 Å². The number of ether oxygens (including phenoxy) is 4. The molecule has 0 bridgehead atoms. The van der Waals surface area contributed by atoms with Crippen molar-refractivity contribution in [2.75, 3.05) is 27.1 Å². The van der Waals surface area contributed by atoms with Gasteiger partial charge in [0, 0.05) is 12.7 Å².